The van der Waals surface area contributed by atoms with E-state index in [-0.39, 0.29) is 11.9 Å². The summed E-state index contributed by atoms with van der Waals surface area (Å²) in [6.45, 7) is 10.5. The minimum Gasteiger partial charge on any atom is -0.244 e. The fraction of sp³-hybridized carbons (Fsp3) is 0.533. The standard InChI is InChI=1S/C15H22N4O/c1-6-12-13(10(2)3)14(11(4)5)19(17-12)15(20)18-9-7-8-16-18/h7-11H,6H2,1-5H3. The molecule has 0 fully saturated rings. The Balaban J connectivity index is 2.61. The molecule has 0 radical (unpaired) electrons. The highest BCUT2D eigenvalue weighted by molar-refractivity contribution is 5.78. The molecule has 5 heteroatoms. The molecule has 2 aromatic rings. The molecule has 2 heterocycles. The van der Waals surface area contributed by atoms with E-state index in [1.54, 1.807) is 18.5 Å². The van der Waals surface area contributed by atoms with Crippen molar-refractivity contribution in [2.45, 2.75) is 52.9 Å². The molecule has 0 saturated heterocycles. The van der Waals surface area contributed by atoms with Gasteiger partial charge in [0.2, 0.25) is 0 Å². The molecule has 0 bridgehead atoms. The first-order valence-corrected chi connectivity index (χ1v) is 7.13. The summed E-state index contributed by atoms with van der Waals surface area (Å²) < 4.78 is 2.84. The van der Waals surface area contributed by atoms with Crippen LogP contribution in [0.5, 0.6) is 0 Å². The van der Waals surface area contributed by atoms with Crippen LogP contribution in [0.1, 0.15) is 63.4 Å². The zero-order valence-electron chi connectivity index (χ0n) is 12.8. The molecule has 0 N–H and O–H groups in total. The normalized spacial score (nSPS) is 11.6. The summed E-state index contributed by atoms with van der Waals surface area (Å²) in [5.74, 6) is 0.584. The van der Waals surface area contributed by atoms with E-state index in [4.69, 9.17) is 0 Å². The molecular formula is C15H22N4O. The molecular weight excluding hydrogens is 252 g/mol. The van der Waals surface area contributed by atoms with Gasteiger partial charge in [-0.05, 0) is 29.9 Å². The number of carbonyl (C=O) groups excluding carboxylic acids is 1. The third kappa shape index (κ3) is 2.40. The minimum absolute atomic E-state index is 0.222. The van der Waals surface area contributed by atoms with Gasteiger partial charge in [-0.3, -0.25) is 0 Å². The summed E-state index contributed by atoms with van der Waals surface area (Å²) in [7, 11) is 0. The van der Waals surface area contributed by atoms with Crippen LogP contribution in [0, 0.1) is 0 Å². The molecule has 20 heavy (non-hydrogen) atoms. The number of aromatic nitrogens is 4. The monoisotopic (exact) mass is 274 g/mol. The van der Waals surface area contributed by atoms with E-state index in [9.17, 15) is 4.79 Å². The number of aryl methyl sites for hydroxylation is 1. The predicted molar refractivity (Wildman–Crippen MR) is 78.2 cm³/mol. The van der Waals surface area contributed by atoms with E-state index >= 15 is 0 Å². The largest absolute Gasteiger partial charge is 0.369 e. The van der Waals surface area contributed by atoms with Gasteiger partial charge in [0.05, 0.1) is 11.4 Å². The van der Waals surface area contributed by atoms with Gasteiger partial charge < -0.3 is 0 Å². The summed E-state index contributed by atoms with van der Waals surface area (Å²) in [6.07, 6.45) is 4.07. The summed E-state index contributed by atoms with van der Waals surface area (Å²) in [4.78, 5) is 12.5. The molecule has 0 atom stereocenters. The third-order valence-electron chi connectivity index (χ3n) is 3.38. The molecule has 5 nitrogen and oxygen atoms in total. The second kappa shape index (κ2) is 5.61. The van der Waals surface area contributed by atoms with Gasteiger partial charge in [-0.25, -0.2) is 4.79 Å². The van der Waals surface area contributed by atoms with Crippen molar-refractivity contribution in [1.29, 1.82) is 0 Å². The molecule has 0 unspecified atom stereocenters. The van der Waals surface area contributed by atoms with Crippen LogP contribution in [0.3, 0.4) is 0 Å². The van der Waals surface area contributed by atoms with Crippen molar-refractivity contribution in [2.24, 2.45) is 0 Å². The molecule has 108 valence electrons. The van der Waals surface area contributed by atoms with Crippen LogP contribution in [0.2, 0.25) is 0 Å². The van der Waals surface area contributed by atoms with E-state index in [0.29, 0.717) is 5.92 Å². The van der Waals surface area contributed by atoms with Crippen molar-refractivity contribution in [3.63, 3.8) is 0 Å². The first kappa shape index (κ1) is 14.5. The fourth-order valence-electron chi connectivity index (χ4n) is 2.56. The van der Waals surface area contributed by atoms with Crippen molar-refractivity contribution < 1.29 is 4.79 Å². The maximum atomic E-state index is 12.5. The van der Waals surface area contributed by atoms with Crippen molar-refractivity contribution in [3.05, 3.63) is 35.4 Å². The fourth-order valence-corrected chi connectivity index (χ4v) is 2.56. The van der Waals surface area contributed by atoms with Gasteiger partial charge in [-0.1, -0.05) is 34.6 Å². The number of carbonyl (C=O) groups is 1. The van der Waals surface area contributed by atoms with Crippen LogP contribution in [0.15, 0.2) is 18.5 Å². The zero-order chi connectivity index (χ0) is 14.9. The predicted octanol–water partition coefficient (Wildman–Crippen LogP) is 3.41. The van der Waals surface area contributed by atoms with Crippen LogP contribution in [-0.2, 0) is 6.42 Å². The lowest BCUT2D eigenvalue weighted by atomic mass is 9.94. The highest BCUT2D eigenvalue weighted by Gasteiger charge is 2.25. The smallest absolute Gasteiger partial charge is 0.244 e. The summed E-state index contributed by atoms with van der Waals surface area (Å²) >= 11 is 0. The average Bonchev–Trinajstić information content (AvgIpc) is 3.04. The Morgan fingerprint density at radius 2 is 1.95 bits per heavy atom. The number of hydrogen-bond acceptors (Lipinski definition) is 3. The van der Waals surface area contributed by atoms with Gasteiger partial charge >= 0.3 is 6.03 Å². The first-order chi connectivity index (χ1) is 9.47. The average molecular weight is 274 g/mol. The van der Waals surface area contributed by atoms with E-state index in [1.165, 1.54) is 14.9 Å². The Kier molecular flexibility index (Phi) is 4.06. The molecule has 2 aromatic heterocycles. The highest BCUT2D eigenvalue weighted by atomic mass is 16.2. The molecule has 0 aliphatic heterocycles. The molecule has 0 aromatic carbocycles. The minimum atomic E-state index is -0.222. The zero-order valence-corrected chi connectivity index (χ0v) is 12.8. The summed E-state index contributed by atoms with van der Waals surface area (Å²) in [6, 6.07) is 1.51. The highest BCUT2D eigenvalue weighted by Crippen LogP contribution is 2.29. The van der Waals surface area contributed by atoms with E-state index in [1.807, 2.05) is 0 Å². The van der Waals surface area contributed by atoms with Gasteiger partial charge in [-0.15, -0.1) is 0 Å². The van der Waals surface area contributed by atoms with Gasteiger partial charge in [0, 0.05) is 12.4 Å². The van der Waals surface area contributed by atoms with E-state index < -0.39 is 0 Å². The van der Waals surface area contributed by atoms with Crippen molar-refractivity contribution in [2.75, 3.05) is 0 Å². The molecule has 2 rings (SSSR count). The van der Waals surface area contributed by atoms with Crippen LogP contribution >= 0.6 is 0 Å². The van der Waals surface area contributed by atoms with Gasteiger partial charge in [-0.2, -0.15) is 19.6 Å². The van der Waals surface area contributed by atoms with Crippen molar-refractivity contribution in [3.8, 4) is 0 Å². The van der Waals surface area contributed by atoms with Crippen LogP contribution in [0.4, 0.5) is 4.79 Å². The quantitative estimate of drug-likeness (QED) is 0.862. The Morgan fingerprint density at radius 3 is 2.40 bits per heavy atom. The van der Waals surface area contributed by atoms with Gasteiger partial charge in [0.15, 0.2) is 0 Å². The lowest BCUT2D eigenvalue weighted by molar-refractivity contribution is 0.237. The Hall–Kier alpha value is -1.91. The molecule has 0 saturated carbocycles. The third-order valence-corrected chi connectivity index (χ3v) is 3.38. The number of nitrogens with zero attached hydrogens (tertiary/aromatic N) is 4. The SMILES string of the molecule is CCc1nn(C(=O)n2cccn2)c(C(C)C)c1C(C)C. The van der Waals surface area contributed by atoms with Crippen LogP contribution in [-0.4, -0.2) is 25.6 Å². The van der Waals surface area contributed by atoms with E-state index in [2.05, 4.69) is 44.8 Å². The second-order valence-corrected chi connectivity index (χ2v) is 5.55. The number of hydrogen-bond donors (Lipinski definition) is 0. The Morgan fingerprint density at radius 1 is 1.25 bits per heavy atom. The molecule has 0 aliphatic rings. The molecule has 0 amide bonds. The maximum absolute atomic E-state index is 12.5. The topological polar surface area (TPSA) is 52.7 Å². The second-order valence-electron chi connectivity index (χ2n) is 5.55. The first-order valence-electron chi connectivity index (χ1n) is 7.13. The van der Waals surface area contributed by atoms with Crippen LogP contribution in [0.25, 0.3) is 0 Å². The van der Waals surface area contributed by atoms with Gasteiger partial charge in [0.25, 0.3) is 0 Å². The molecule has 0 aliphatic carbocycles. The Bertz CT molecular complexity index is 594. The summed E-state index contributed by atoms with van der Waals surface area (Å²) in [5.41, 5.74) is 3.20. The Labute approximate surface area is 119 Å². The van der Waals surface area contributed by atoms with E-state index in [0.717, 1.165) is 17.8 Å². The number of rotatable bonds is 3. The maximum Gasteiger partial charge on any atom is 0.369 e. The van der Waals surface area contributed by atoms with Crippen LogP contribution < -0.4 is 0 Å². The lowest BCUT2D eigenvalue weighted by Crippen LogP contribution is -2.24. The summed E-state index contributed by atoms with van der Waals surface area (Å²) in [5, 5.41) is 8.54. The molecule has 0 spiro atoms. The lowest BCUT2D eigenvalue weighted by Gasteiger charge is -2.13. The van der Waals surface area contributed by atoms with Crippen molar-refractivity contribution in [1.82, 2.24) is 19.6 Å². The van der Waals surface area contributed by atoms with Gasteiger partial charge in [0.1, 0.15) is 0 Å². The van der Waals surface area contributed by atoms with Crippen molar-refractivity contribution >= 4 is 6.03 Å².